The Balaban J connectivity index is 1.42. The first-order valence-corrected chi connectivity index (χ1v) is 10.1. The fourth-order valence-corrected chi connectivity index (χ4v) is 3.54. The first-order valence-electron chi connectivity index (χ1n) is 8.92. The second-order valence-electron chi connectivity index (χ2n) is 6.28. The van der Waals surface area contributed by atoms with E-state index in [0.29, 0.717) is 38.5 Å². The molecule has 0 saturated heterocycles. The van der Waals surface area contributed by atoms with E-state index < -0.39 is 0 Å². The second-order valence-corrected chi connectivity index (χ2v) is 7.47. The Kier molecular flexibility index (Phi) is 5.02. The van der Waals surface area contributed by atoms with Gasteiger partial charge in [0.05, 0.1) is 5.02 Å². The predicted molar refractivity (Wildman–Crippen MR) is 112 cm³/mol. The molecule has 152 valence electrons. The number of hydrogen-bond donors (Lipinski definition) is 0. The molecular weight excluding hydrogens is 440 g/mol. The van der Waals surface area contributed by atoms with Gasteiger partial charge in [-0.3, -0.25) is 14.8 Å². The summed E-state index contributed by atoms with van der Waals surface area (Å²) in [4.78, 5) is 29.2. The van der Waals surface area contributed by atoms with E-state index in [1.54, 1.807) is 36.8 Å². The Morgan fingerprint density at radius 3 is 2.77 bits per heavy atom. The second kappa shape index (κ2) is 8.13. The molecule has 0 bridgehead atoms. The molecule has 0 unspecified atom stereocenters. The summed E-state index contributed by atoms with van der Waals surface area (Å²) in [5, 5.41) is 9.34. The monoisotopic (exact) mass is 450 g/mol. The fourth-order valence-electron chi connectivity index (χ4n) is 2.71. The van der Waals surface area contributed by atoms with Gasteiger partial charge in [-0.05, 0) is 35.8 Å². The van der Waals surface area contributed by atoms with Gasteiger partial charge in [0.25, 0.3) is 5.56 Å². The van der Waals surface area contributed by atoms with Crippen LogP contribution in [0.1, 0.15) is 5.89 Å². The summed E-state index contributed by atoms with van der Waals surface area (Å²) in [5.41, 5.74) is 1.58. The number of halogens is 1. The lowest BCUT2D eigenvalue weighted by Crippen LogP contribution is -2.23. The molecule has 12 heteroatoms. The summed E-state index contributed by atoms with van der Waals surface area (Å²) in [7, 11) is 0. The standard InChI is InChI=1S/C19H11ClN8O2S/c20-13-6-12(8-22-9-13)18-24-19(31-27-18)14-3-4-16(29)28(25-14)10-15-23-17(26-30-15)11-2-1-5-21-7-11/h1-9H,10H2. The zero-order valence-corrected chi connectivity index (χ0v) is 17.2. The summed E-state index contributed by atoms with van der Waals surface area (Å²) in [6.07, 6.45) is 6.44. The average molecular weight is 451 g/mol. The minimum Gasteiger partial charge on any atom is -0.337 e. The first-order chi connectivity index (χ1) is 15.2. The van der Waals surface area contributed by atoms with Gasteiger partial charge in [0.15, 0.2) is 10.8 Å². The Morgan fingerprint density at radius 1 is 1.03 bits per heavy atom. The molecule has 5 aromatic heterocycles. The van der Waals surface area contributed by atoms with Crippen LogP contribution in [0.15, 0.2) is 64.4 Å². The van der Waals surface area contributed by atoms with Crippen LogP contribution in [0.5, 0.6) is 0 Å². The predicted octanol–water partition coefficient (Wildman–Crippen LogP) is 2.97. The Morgan fingerprint density at radius 2 is 1.94 bits per heavy atom. The number of aromatic nitrogens is 8. The molecule has 0 aliphatic carbocycles. The summed E-state index contributed by atoms with van der Waals surface area (Å²) >= 11 is 7.14. The largest absolute Gasteiger partial charge is 0.337 e. The van der Waals surface area contributed by atoms with Crippen LogP contribution < -0.4 is 5.56 Å². The van der Waals surface area contributed by atoms with Crippen molar-refractivity contribution in [1.29, 1.82) is 0 Å². The topological polar surface area (TPSA) is 125 Å². The van der Waals surface area contributed by atoms with Crippen LogP contribution >= 0.6 is 23.1 Å². The van der Waals surface area contributed by atoms with Crippen molar-refractivity contribution < 1.29 is 4.52 Å². The van der Waals surface area contributed by atoms with Gasteiger partial charge in [-0.2, -0.15) is 14.5 Å². The van der Waals surface area contributed by atoms with E-state index in [2.05, 4.69) is 34.6 Å². The summed E-state index contributed by atoms with van der Waals surface area (Å²) in [6, 6.07) is 8.31. The normalized spacial score (nSPS) is 11.0. The van der Waals surface area contributed by atoms with Crippen molar-refractivity contribution in [1.82, 2.24) is 39.2 Å². The van der Waals surface area contributed by atoms with Crippen molar-refractivity contribution >= 4 is 23.1 Å². The highest BCUT2D eigenvalue weighted by molar-refractivity contribution is 7.09. The van der Waals surface area contributed by atoms with Gasteiger partial charge in [0.1, 0.15) is 12.2 Å². The van der Waals surface area contributed by atoms with Crippen LogP contribution in [0.2, 0.25) is 5.02 Å². The van der Waals surface area contributed by atoms with Crippen LogP contribution in [0, 0.1) is 0 Å². The summed E-state index contributed by atoms with van der Waals surface area (Å²) in [6.45, 7) is 0.0177. The summed E-state index contributed by atoms with van der Waals surface area (Å²) < 4.78 is 10.8. The lowest BCUT2D eigenvalue weighted by molar-refractivity contribution is 0.363. The van der Waals surface area contributed by atoms with Crippen LogP contribution in [-0.4, -0.2) is 39.2 Å². The third-order valence-corrected chi connectivity index (χ3v) is 5.09. The zero-order chi connectivity index (χ0) is 21.2. The molecule has 0 atom stereocenters. The van der Waals surface area contributed by atoms with Gasteiger partial charge >= 0.3 is 0 Å². The smallest absolute Gasteiger partial charge is 0.267 e. The first kappa shape index (κ1) is 19.2. The van der Waals surface area contributed by atoms with E-state index in [1.807, 2.05) is 6.07 Å². The van der Waals surface area contributed by atoms with Crippen LogP contribution in [0.3, 0.4) is 0 Å². The van der Waals surface area contributed by atoms with Crippen molar-refractivity contribution in [2.24, 2.45) is 0 Å². The summed E-state index contributed by atoms with van der Waals surface area (Å²) in [5.74, 6) is 1.11. The SMILES string of the molecule is O=c1ccc(-c2nc(-c3cncc(Cl)c3)ns2)nn1Cc1nc(-c2cccnc2)no1. The van der Waals surface area contributed by atoms with Crippen molar-refractivity contribution in [3.8, 4) is 33.5 Å². The third-order valence-electron chi connectivity index (χ3n) is 4.15. The van der Waals surface area contributed by atoms with Gasteiger partial charge in [0.2, 0.25) is 11.7 Å². The molecule has 10 nitrogen and oxygen atoms in total. The van der Waals surface area contributed by atoms with E-state index in [0.717, 1.165) is 11.5 Å². The van der Waals surface area contributed by atoms with Gasteiger partial charge in [-0.15, -0.1) is 0 Å². The molecule has 0 aliphatic heterocycles. The fraction of sp³-hybridized carbons (Fsp3) is 0.0526. The molecule has 0 saturated carbocycles. The molecule has 0 aliphatic rings. The maximum atomic E-state index is 12.3. The molecule has 0 spiro atoms. The Bertz CT molecular complexity index is 1420. The Hall–Kier alpha value is -3.83. The molecule has 5 rings (SSSR count). The van der Waals surface area contributed by atoms with Crippen molar-refractivity contribution in [3.05, 3.63) is 76.4 Å². The van der Waals surface area contributed by atoms with E-state index in [1.165, 1.54) is 16.9 Å². The highest BCUT2D eigenvalue weighted by atomic mass is 35.5. The molecule has 31 heavy (non-hydrogen) atoms. The minimum atomic E-state index is -0.311. The van der Waals surface area contributed by atoms with E-state index in [-0.39, 0.29) is 18.0 Å². The molecule has 0 fully saturated rings. The lowest BCUT2D eigenvalue weighted by atomic mass is 10.3. The van der Waals surface area contributed by atoms with E-state index in [4.69, 9.17) is 16.1 Å². The van der Waals surface area contributed by atoms with Gasteiger partial charge in [0, 0.05) is 42.0 Å². The number of hydrogen-bond acceptors (Lipinski definition) is 10. The van der Waals surface area contributed by atoms with Crippen LogP contribution in [0.25, 0.3) is 33.5 Å². The van der Waals surface area contributed by atoms with Crippen molar-refractivity contribution in [3.63, 3.8) is 0 Å². The number of rotatable bonds is 5. The zero-order valence-electron chi connectivity index (χ0n) is 15.6. The van der Waals surface area contributed by atoms with Gasteiger partial charge in [-0.1, -0.05) is 16.8 Å². The maximum Gasteiger partial charge on any atom is 0.267 e. The molecule has 0 N–H and O–H groups in total. The van der Waals surface area contributed by atoms with Crippen LogP contribution in [-0.2, 0) is 6.54 Å². The van der Waals surface area contributed by atoms with Crippen molar-refractivity contribution in [2.75, 3.05) is 0 Å². The minimum absolute atomic E-state index is 0.0177. The molecule has 0 aromatic carbocycles. The van der Waals surface area contributed by atoms with E-state index in [9.17, 15) is 4.79 Å². The van der Waals surface area contributed by atoms with E-state index >= 15 is 0 Å². The molecule has 5 aromatic rings. The highest BCUT2D eigenvalue weighted by Gasteiger charge is 2.14. The maximum absolute atomic E-state index is 12.3. The Labute approximate surface area is 183 Å². The number of nitrogens with zero attached hydrogens (tertiary/aromatic N) is 8. The van der Waals surface area contributed by atoms with Gasteiger partial charge < -0.3 is 4.52 Å². The molecular formula is C19H11ClN8O2S. The number of pyridine rings is 2. The molecule has 5 heterocycles. The average Bonchev–Trinajstić information content (AvgIpc) is 3.46. The van der Waals surface area contributed by atoms with Crippen LogP contribution in [0.4, 0.5) is 0 Å². The van der Waals surface area contributed by atoms with Gasteiger partial charge in [-0.25, -0.2) is 9.67 Å². The third kappa shape index (κ3) is 4.09. The quantitative estimate of drug-likeness (QED) is 0.397. The molecule has 0 radical (unpaired) electrons. The molecule has 0 amide bonds. The highest BCUT2D eigenvalue weighted by Crippen LogP contribution is 2.25. The lowest BCUT2D eigenvalue weighted by Gasteiger charge is -2.02. The van der Waals surface area contributed by atoms with Crippen molar-refractivity contribution in [2.45, 2.75) is 6.54 Å².